The van der Waals surface area contributed by atoms with E-state index in [0.29, 0.717) is 0 Å². The van der Waals surface area contributed by atoms with E-state index in [1.807, 2.05) is 0 Å². The summed E-state index contributed by atoms with van der Waals surface area (Å²) in [5.41, 5.74) is -0.242. The van der Waals surface area contributed by atoms with Crippen molar-refractivity contribution in [1.29, 1.82) is 0 Å². The summed E-state index contributed by atoms with van der Waals surface area (Å²) in [6.45, 7) is 1.36. The second kappa shape index (κ2) is 3.97. The summed E-state index contributed by atoms with van der Waals surface area (Å²) in [7, 11) is 0. The molecule has 1 rings (SSSR count). The number of aliphatic hydroxyl groups is 1. The smallest absolute Gasteiger partial charge is 0.260 e. The van der Waals surface area contributed by atoms with Crippen LogP contribution in [-0.4, -0.2) is 27.5 Å². The van der Waals surface area contributed by atoms with Gasteiger partial charge in [-0.05, 0) is 19.1 Å². The Balaban J connectivity index is 3.00. The van der Waals surface area contributed by atoms with Gasteiger partial charge in [-0.1, -0.05) is 6.07 Å². The predicted molar refractivity (Wildman–Crippen MR) is 48.9 cm³/mol. The average Bonchev–Trinajstić information content (AvgIpc) is 2.01. The molecule has 1 aromatic rings. The van der Waals surface area contributed by atoms with E-state index in [4.69, 9.17) is 5.11 Å². The monoisotopic (exact) mass is 197 g/mol. The molecule has 0 radical (unpaired) electrons. The van der Waals surface area contributed by atoms with Crippen molar-refractivity contribution in [1.82, 2.24) is 5.32 Å². The highest BCUT2D eigenvalue weighted by Crippen LogP contribution is 2.25. The zero-order chi connectivity index (χ0) is 10.7. The number of carbonyl (C=O) groups excluding carboxylic acids is 1. The quantitative estimate of drug-likeness (QED) is 0.508. The van der Waals surface area contributed by atoms with Gasteiger partial charge in [-0.3, -0.25) is 4.79 Å². The first-order valence-corrected chi connectivity index (χ1v) is 4.02. The van der Waals surface area contributed by atoms with E-state index in [2.05, 4.69) is 5.32 Å². The summed E-state index contributed by atoms with van der Waals surface area (Å²) in [6.07, 6.45) is -1.04. The molecule has 76 valence electrons. The Labute approximate surface area is 80.6 Å². The van der Waals surface area contributed by atoms with Gasteiger partial charge >= 0.3 is 0 Å². The third kappa shape index (κ3) is 2.14. The maximum atomic E-state index is 11.3. The van der Waals surface area contributed by atoms with Crippen LogP contribution < -0.4 is 5.32 Å². The van der Waals surface area contributed by atoms with Crippen LogP contribution in [0.2, 0.25) is 0 Å². The minimum Gasteiger partial charge on any atom is -0.507 e. The predicted octanol–water partition coefficient (Wildman–Crippen LogP) is 0.166. The summed E-state index contributed by atoms with van der Waals surface area (Å²) in [4.78, 5) is 11.3. The fourth-order valence-corrected chi connectivity index (χ4v) is 1.02. The number of phenolic OH excluding ortho intramolecular Hbond substituents is 2. The summed E-state index contributed by atoms with van der Waals surface area (Å²) < 4.78 is 0. The highest BCUT2D eigenvalue weighted by Gasteiger charge is 2.16. The Bertz CT molecular complexity index is 328. The number of hydrogen-bond acceptors (Lipinski definition) is 4. The van der Waals surface area contributed by atoms with Crippen LogP contribution in [0.15, 0.2) is 18.2 Å². The number of amides is 1. The molecular weight excluding hydrogens is 186 g/mol. The second-order valence-electron chi connectivity index (χ2n) is 2.82. The van der Waals surface area contributed by atoms with E-state index < -0.39 is 12.1 Å². The maximum Gasteiger partial charge on any atom is 0.260 e. The minimum atomic E-state index is -1.04. The molecule has 1 atom stereocenters. The molecule has 4 N–H and O–H groups in total. The molecule has 14 heavy (non-hydrogen) atoms. The van der Waals surface area contributed by atoms with Crippen molar-refractivity contribution in [3.8, 4) is 11.5 Å². The average molecular weight is 197 g/mol. The van der Waals surface area contributed by atoms with Gasteiger partial charge in [0.1, 0.15) is 23.3 Å². The number of hydrogen-bond donors (Lipinski definition) is 4. The third-order valence-corrected chi connectivity index (χ3v) is 1.59. The largest absolute Gasteiger partial charge is 0.507 e. The number of phenols is 2. The van der Waals surface area contributed by atoms with Crippen molar-refractivity contribution in [2.24, 2.45) is 0 Å². The number of nitrogens with one attached hydrogen (secondary N) is 1. The molecule has 0 saturated carbocycles. The van der Waals surface area contributed by atoms with E-state index in [9.17, 15) is 15.0 Å². The molecule has 0 aliphatic heterocycles. The molecule has 0 spiro atoms. The van der Waals surface area contributed by atoms with E-state index in [-0.39, 0.29) is 17.1 Å². The lowest BCUT2D eigenvalue weighted by Gasteiger charge is -2.09. The van der Waals surface area contributed by atoms with Gasteiger partial charge in [-0.25, -0.2) is 0 Å². The third-order valence-electron chi connectivity index (χ3n) is 1.59. The fourth-order valence-electron chi connectivity index (χ4n) is 1.02. The summed E-state index contributed by atoms with van der Waals surface area (Å²) >= 11 is 0. The van der Waals surface area contributed by atoms with Crippen molar-refractivity contribution in [2.45, 2.75) is 13.2 Å². The van der Waals surface area contributed by atoms with Crippen LogP contribution in [0.5, 0.6) is 11.5 Å². The van der Waals surface area contributed by atoms with Crippen LogP contribution in [0.4, 0.5) is 0 Å². The van der Waals surface area contributed by atoms with Crippen LogP contribution in [0.3, 0.4) is 0 Å². The second-order valence-corrected chi connectivity index (χ2v) is 2.82. The van der Waals surface area contributed by atoms with Gasteiger partial charge in [0, 0.05) is 0 Å². The SMILES string of the molecule is CC(O)NC(=O)c1c(O)cccc1O. The van der Waals surface area contributed by atoms with Crippen LogP contribution in [-0.2, 0) is 0 Å². The molecular formula is C9H11NO4. The molecule has 0 saturated heterocycles. The van der Waals surface area contributed by atoms with Gasteiger partial charge in [0.15, 0.2) is 0 Å². The van der Waals surface area contributed by atoms with Crippen molar-refractivity contribution in [3.63, 3.8) is 0 Å². The normalized spacial score (nSPS) is 12.1. The van der Waals surface area contributed by atoms with Gasteiger partial charge in [0.2, 0.25) is 0 Å². The van der Waals surface area contributed by atoms with Crippen molar-refractivity contribution in [2.75, 3.05) is 0 Å². The summed E-state index contributed by atoms with van der Waals surface area (Å²) in [6, 6.07) is 3.96. The van der Waals surface area contributed by atoms with Crippen LogP contribution in [0.1, 0.15) is 17.3 Å². The molecule has 0 aliphatic carbocycles. The molecule has 0 bridgehead atoms. The highest BCUT2D eigenvalue weighted by molar-refractivity contribution is 5.99. The molecule has 0 aliphatic rings. The molecule has 0 aromatic heterocycles. The fraction of sp³-hybridized carbons (Fsp3) is 0.222. The van der Waals surface area contributed by atoms with E-state index in [1.165, 1.54) is 25.1 Å². The highest BCUT2D eigenvalue weighted by atomic mass is 16.3. The lowest BCUT2D eigenvalue weighted by Crippen LogP contribution is -2.32. The number of rotatable bonds is 2. The Hall–Kier alpha value is -1.75. The number of aromatic hydroxyl groups is 2. The van der Waals surface area contributed by atoms with E-state index in [0.717, 1.165) is 0 Å². The Morgan fingerprint density at radius 2 is 1.86 bits per heavy atom. The van der Waals surface area contributed by atoms with Crippen LogP contribution >= 0.6 is 0 Å². The van der Waals surface area contributed by atoms with Crippen molar-refractivity contribution in [3.05, 3.63) is 23.8 Å². The van der Waals surface area contributed by atoms with Gasteiger partial charge in [0.25, 0.3) is 5.91 Å². The number of aliphatic hydroxyl groups excluding tert-OH is 1. The van der Waals surface area contributed by atoms with Gasteiger partial charge in [-0.15, -0.1) is 0 Å². The first kappa shape index (κ1) is 10.3. The zero-order valence-electron chi connectivity index (χ0n) is 7.56. The standard InChI is InChI=1S/C9H11NO4/c1-5(11)10-9(14)8-6(12)3-2-4-7(8)13/h2-5,11-13H,1H3,(H,10,14). The lowest BCUT2D eigenvalue weighted by molar-refractivity contribution is 0.0813. The van der Waals surface area contributed by atoms with E-state index >= 15 is 0 Å². The Kier molecular flexibility index (Phi) is 2.93. The molecule has 1 amide bonds. The summed E-state index contributed by atoms with van der Waals surface area (Å²) in [5, 5.41) is 29.6. The zero-order valence-corrected chi connectivity index (χ0v) is 7.56. The molecule has 5 nitrogen and oxygen atoms in total. The summed E-state index contributed by atoms with van der Waals surface area (Å²) in [5.74, 6) is -1.39. The number of carbonyl (C=O) groups is 1. The first-order chi connectivity index (χ1) is 6.52. The van der Waals surface area contributed by atoms with Crippen LogP contribution in [0, 0.1) is 0 Å². The molecule has 1 aromatic carbocycles. The van der Waals surface area contributed by atoms with Crippen LogP contribution in [0.25, 0.3) is 0 Å². The van der Waals surface area contributed by atoms with Crippen molar-refractivity contribution < 1.29 is 20.1 Å². The number of benzene rings is 1. The van der Waals surface area contributed by atoms with E-state index in [1.54, 1.807) is 0 Å². The van der Waals surface area contributed by atoms with Gasteiger partial charge < -0.3 is 20.6 Å². The minimum absolute atomic E-state index is 0.242. The molecule has 0 fully saturated rings. The topological polar surface area (TPSA) is 89.8 Å². The Morgan fingerprint density at radius 1 is 1.36 bits per heavy atom. The van der Waals surface area contributed by atoms with Gasteiger partial charge in [-0.2, -0.15) is 0 Å². The maximum absolute atomic E-state index is 11.3. The molecule has 0 heterocycles. The lowest BCUT2D eigenvalue weighted by atomic mass is 10.1. The van der Waals surface area contributed by atoms with Crippen molar-refractivity contribution >= 4 is 5.91 Å². The molecule has 1 unspecified atom stereocenters. The first-order valence-electron chi connectivity index (χ1n) is 4.02. The van der Waals surface area contributed by atoms with Gasteiger partial charge in [0.05, 0.1) is 0 Å². The molecule has 5 heteroatoms. The Morgan fingerprint density at radius 3 is 2.29 bits per heavy atom.